The molecule has 21 heavy (non-hydrogen) atoms. The van der Waals surface area contributed by atoms with Crippen molar-refractivity contribution in [2.45, 2.75) is 19.3 Å². The molecular weight excluding hydrogens is 256 g/mol. The van der Waals surface area contributed by atoms with Crippen molar-refractivity contribution in [3.05, 3.63) is 72.1 Å². The number of nitrogens with zero attached hydrogens (tertiary/aromatic N) is 2. The molecule has 0 saturated heterocycles. The largest absolute Gasteiger partial charge is 0.256 e. The van der Waals surface area contributed by atoms with Crippen LogP contribution in [-0.2, 0) is 5.41 Å². The molecule has 2 aromatic heterocycles. The van der Waals surface area contributed by atoms with Crippen LogP contribution in [0.3, 0.4) is 0 Å². The van der Waals surface area contributed by atoms with Gasteiger partial charge < -0.3 is 0 Å². The number of benzene rings is 1. The van der Waals surface area contributed by atoms with E-state index in [9.17, 15) is 0 Å². The molecule has 4 rings (SSSR count). The summed E-state index contributed by atoms with van der Waals surface area (Å²) < 4.78 is 0. The quantitative estimate of drug-likeness (QED) is 0.654. The molecule has 102 valence electrons. The molecule has 0 unspecified atom stereocenters. The monoisotopic (exact) mass is 272 g/mol. The highest BCUT2D eigenvalue weighted by Gasteiger charge is 2.36. The van der Waals surface area contributed by atoms with E-state index in [1.54, 1.807) is 0 Å². The van der Waals surface area contributed by atoms with E-state index >= 15 is 0 Å². The Morgan fingerprint density at radius 1 is 0.810 bits per heavy atom. The van der Waals surface area contributed by atoms with Gasteiger partial charge in [-0.1, -0.05) is 38.1 Å². The highest BCUT2D eigenvalue weighted by Crippen LogP contribution is 2.48. The maximum absolute atomic E-state index is 4.61. The van der Waals surface area contributed by atoms with Crippen molar-refractivity contribution >= 4 is 0 Å². The molecule has 0 amide bonds. The van der Waals surface area contributed by atoms with Gasteiger partial charge in [-0.3, -0.25) is 9.97 Å². The first kappa shape index (κ1) is 12.3. The summed E-state index contributed by atoms with van der Waals surface area (Å²) in [6, 6.07) is 16.8. The maximum atomic E-state index is 4.61. The predicted octanol–water partition coefficient (Wildman–Crippen LogP) is 4.45. The van der Waals surface area contributed by atoms with Crippen molar-refractivity contribution in [3.8, 4) is 22.5 Å². The number of hydrogen-bond acceptors (Lipinski definition) is 2. The van der Waals surface area contributed by atoms with Crippen molar-refractivity contribution in [2.24, 2.45) is 0 Å². The summed E-state index contributed by atoms with van der Waals surface area (Å²) in [5.41, 5.74) is 7.15. The van der Waals surface area contributed by atoms with Gasteiger partial charge in [0.1, 0.15) is 0 Å². The Labute approximate surface area is 124 Å². The molecule has 0 saturated carbocycles. The van der Waals surface area contributed by atoms with Crippen LogP contribution in [0.5, 0.6) is 0 Å². The topological polar surface area (TPSA) is 25.8 Å². The molecule has 1 aliphatic rings. The van der Waals surface area contributed by atoms with Gasteiger partial charge in [0.05, 0.1) is 11.4 Å². The first-order valence-corrected chi connectivity index (χ1v) is 7.20. The molecule has 2 heterocycles. The Balaban J connectivity index is 1.96. The Morgan fingerprint density at radius 2 is 1.67 bits per heavy atom. The highest BCUT2D eigenvalue weighted by molar-refractivity contribution is 5.81. The van der Waals surface area contributed by atoms with Crippen LogP contribution in [0.1, 0.15) is 25.0 Å². The number of hydrogen-bond donors (Lipinski definition) is 0. The van der Waals surface area contributed by atoms with Crippen LogP contribution in [0.4, 0.5) is 0 Å². The third kappa shape index (κ3) is 1.72. The second kappa shape index (κ2) is 4.26. The minimum absolute atomic E-state index is 0.0154. The minimum atomic E-state index is 0.0154. The van der Waals surface area contributed by atoms with Crippen LogP contribution in [0.15, 0.2) is 60.9 Å². The van der Waals surface area contributed by atoms with Gasteiger partial charge in [-0.25, -0.2) is 0 Å². The fraction of sp³-hybridized carbons (Fsp3) is 0.158. The Morgan fingerprint density at radius 3 is 2.48 bits per heavy atom. The summed E-state index contributed by atoms with van der Waals surface area (Å²) in [6.07, 6.45) is 3.70. The van der Waals surface area contributed by atoms with Crippen LogP contribution in [0.25, 0.3) is 22.5 Å². The van der Waals surface area contributed by atoms with E-state index in [4.69, 9.17) is 0 Å². The number of rotatable bonds is 1. The molecule has 0 spiro atoms. The van der Waals surface area contributed by atoms with Gasteiger partial charge in [-0.05, 0) is 35.4 Å². The van der Waals surface area contributed by atoms with E-state index in [2.05, 4.69) is 48.1 Å². The van der Waals surface area contributed by atoms with Crippen molar-refractivity contribution in [1.29, 1.82) is 0 Å². The summed E-state index contributed by atoms with van der Waals surface area (Å²) in [6.45, 7) is 4.53. The molecule has 2 nitrogen and oxygen atoms in total. The van der Waals surface area contributed by atoms with Gasteiger partial charge in [-0.15, -0.1) is 0 Å². The normalized spacial score (nSPS) is 14.6. The fourth-order valence-electron chi connectivity index (χ4n) is 3.25. The standard InChI is InChI=1S/C19H16N2/c1-19(2)15-9-8-13(17-7-3-4-10-20-17)12-14(15)18-16(19)6-5-11-21-18/h3-12H,1-2H3. The van der Waals surface area contributed by atoms with Crippen molar-refractivity contribution in [3.63, 3.8) is 0 Å². The van der Waals surface area contributed by atoms with Gasteiger partial charge in [0.25, 0.3) is 0 Å². The summed E-state index contributed by atoms with van der Waals surface area (Å²) in [5.74, 6) is 0. The second-order valence-electron chi connectivity index (χ2n) is 6.00. The fourth-order valence-corrected chi connectivity index (χ4v) is 3.25. The number of aromatic nitrogens is 2. The maximum Gasteiger partial charge on any atom is 0.0746 e. The third-order valence-corrected chi connectivity index (χ3v) is 4.39. The Kier molecular flexibility index (Phi) is 2.49. The number of pyridine rings is 2. The lowest BCUT2D eigenvalue weighted by Gasteiger charge is -2.20. The average Bonchev–Trinajstić information content (AvgIpc) is 2.77. The first-order chi connectivity index (χ1) is 10.2. The van der Waals surface area contributed by atoms with E-state index < -0.39 is 0 Å². The summed E-state index contributed by atoms with van der Waals surface area (Å²) in [5, 5.41) is 0. The second-order valence-corrected chi connectivity index (χ2v) is 6.00. The lowest BCUT2D eigenvalue weighted by molar-refractivity contribution is 0.659. The first-order valence-electron chi connectivity index (χ1n) is 7.20. The number of fused-ring (bicyclic) bond motifs is 3. The van der Waals surface area contributed by atoms with Crippen LogP contribution in [0.2, 0.25) is 0 Å². The van der Waals surface area contributed by atoms with Gasteiger partial charge in [0.15, 0.2) is 0 Å². The Bertz CT molecular complexity index is 820. The molecule has 0 fully saturated rings. The molecule has 0 N–H and O–H groups in total. The van der Waals surface area contributed by atoms with Crippen LogP contribution >= 0.6 is 0 Å². The zero-order valence-electron chi connectivity index (χ0n) is 12.2. The van der Waals surface area contributed by atoms with Crippen molar-refractivity contribution in [2.75, 3.05) is 0 Å². The van der Waals surface area contributed by atoms with Gasteiger partial charge in [0, 0.05) is 28.9 Å². The van der Waals surface area contributed by atoms with E-state index in [0.29, 0.717) is 0 Å². The average molecular weight is 272 g/mol. The smallest absolute Gasteiger partial charge is 0.0746 e. The van der Waals surface area contributed by atoms with E-state index in [-0.39, 0.29) is 5.41 Å². The van der Waals surface area contributed by atoms with Crippen LogP contribution < -0.4 is 0 Å². The molecule has 3 aromatic rings. The molecule has 0 aliphatic heterocycles. The summed E-state index contributed by atoms with van der Waals surface area (Å²) in [4.78, 5) is 9.06. The molecule has 1 aliphatic carbocycles. The molecule has 1 aromatic carbocycles. The zero-order valence-corrected chi connectivity index (χ0v) is 12.2. The molecule has 0 atom stereocenters. The SMILES string of the molecule is CC1(C)c2ccc(-c3ccccn3)cc2-c2ncccc21. The lowest BCUT2D eigenvalue weighted by Crippen LogP contribution is -2.14. The van der Waals surface area contributed by atoms with Gasteiger partial charge >= 0.3 is 0 Å². The predicted molar refractivity (Wildman–Crippen MR) is 85.0 cm³/mol. The van der Waals surface area contributed by atoms with Crippen molar-refractivity contribution in [1.82, 2.24) is 9.97 Å². The lowest BCUT2D eigenvalue weighted by atomic mass is 9.82. The highest BCUT2D eigenvalue weighted by atomic mass is 14.7. The third-order valence-electron chi connectivity index (χ3n) is 4.39. The minimum Gasteiger partial charge on any atom is -0.256 e. The van der Waals surface area contributed by atoms with E-state index in [1.165, 1.54) is 16.7 Å². The summed E-state index contributed by atoms with van der Waals surface area (Å²) >= 11 is 0. The zero-order chi connectivity index (χ0) is 14.4. The summed E-state index contributed by atoms with van der Waals surface area (Å²) in [7, 11) is 0. The molecule has 0 bridgehead atoms. The van der Waals surface area contributed by atoms with Gasteiger partial charge in [-0.2, -0.15) is 0 Å². The van der Waals surface area contributed by atoms with Crippen LogP contribution in [0, 0.1) is 0 Å². The molecule has 0 radical (unpaired) electrons. The van der Waals surface area contributed by atoms with Gasteiger partial charge in [0.2, 0.25) is 0 Å². The molecular formula is C19H16N2. The van der Waals surface area contributed by atoms with E-state index in [1.807, 2.05) is 36.7 Å². The Hall–Kier alpha value is -2.48. The van der Waals surface area contributed by atoms with E-state index in [0.717, 1.165) is 17.0 Å². The van der Waals surface area contributed by atoms with Crippen LogP contribution in [-0.4, -0.2) is 9.97 Å². The molecule has 2 heteroatoms. The van der Waals surface area contributed by atoms with Crippen molar-refractivity contribution < 1.29 is 0 Å².